The smallest absolute Gasteiger partial charge is 0.407 e. The van der Waals surface area contributed by atoms with Crippen LogP contribution < -0.4 is 16.4 Å². The standard InChI is InChI=1S/C12H23N3O4/c1-8(9(16)7-13)15-10(17)5-6-14-11(18)19-12(2,3)4/h8H,5-7,13H2,1-4H3,(H,14,18)(H,15,17)/t8-/m0/s1. The molecule has 0 unspecified atom stereocenters. The summed E-state index contributed by atoms with van der Waals surface area (Å²) in [5.41, 5.74) is 4.60. The van der Waals surface area contributed by atoms with Crippen LogP contribution in [0.1, 0.15) is 34.1 Å². The molecule has 7 heteroatoms. The third kappa shape index (κ3) is 9.01. The molecule has 0 aromatic heterocycles. The molecule has 0 heterocycles. The zero-order chi connectivity index (χ0) is 15.1. The molecule has 0 radical (unpaired) electrons. The Morgan fingerprint density at radius 1 is 1.26 bits per heavy atom. The van der Waals surface area contributed by atoms with Gasteiger partial charge in [-0.05, 0) is 27.7 Å². The SMILES string of the molecule is C[C@H](NC(=O)CCNC(=O)OC(C)(C)C)C(=O)CN. The third-order valence-corrected chi connectivity index (χ3v) is 2.08. The highest BCUT2D eigenvalue weighted by Crippen LogP contribution is 2.06. The predicted molar refractivity (Wildman–Crippen MR) is 70.5 cm³/mol. The van der Waals surface area contributed by atoms with Gasteiger partial charge in [0.05, 0.1) is 12.6 Å². The lowest BCUT2D eigenvalue weighted by atomic mass is 10.2. The maximum atomic E-state index is 11.4. The summed E-state index contributed by atoms with van der Waals surface area (Å²) in [5.74, 6) is -0.571. The van der Waals surface area contributed by atoms with Gasteiger partial charge in [0.25, 0.3) is 0 Å². The van der Waals surface area contributed by atoms with E-state index < -0.39 is 17.7 Å². The summed E-state index contributed by atoms with van der Waals surface area (Å²) < 4.78 is 5.00. The molecule has 0 saturated carbocycles. The number of amides is 2. The molecule has 0 rings (SSSR count). The van der Waals surface area contributed by atoms with Crippen LogP contribution in [0.4, 0.5) is 4.79 Å². The maximum absolute atomic E-state index is 11.4. The van der Waals surface area contributed by atoms with Crippen molar-refractivity contribution in [3.63, 3.8) is 0 Å². The van der Waals surface area contributed by atoms with E-state index in [-0.39, 0.29) is 31.2 Å². The average molecular weight is 273 g/mol. The van der Waals surface area contributed by atoms with Crippen LogP contribution in [0.15, 0.2) is 0 Å². The highest BCUT2D eigenvalue weighted by Gasteiger charge is 2.17. The Morgan fingerprint density at radius 2 is 1.84 bits per heavy atom. The first-order valence-electron chi connectivity index (χ1n) is 6.14. The molecule has 0 aliphatic rings. The van der Waals surface area contributed by atoms with E-state index in [0.29, 0.717) is 0 Å². The van der Waals surface area contributed by atoms with Crippen molar-refractivity contribution in [2.45, 2.75) is 45.8 Å². The van der Waals surface area contributed by atoms with Crippen molar-refractivity contribution in [3.8, 4) is 0 Å². The molecule has 0 bridgehead atoms. The number of ether oxygens (including phenoxy) is 1. The molecule has 0 spiro atoms. The number of nitrogens with two attached hydrogens (primary N) is 1. The van der Waals surface area contributed by atoms with Crippen molar-refractivity contribution < 1.29 is 19.1 Å². The summed E-state index contributed by atoms with van der Waals surface area (Å²) in [7, 11) is 0. The van der Waals surface area contributed by atoms with Crippen LogP contribution in [0.3, 0.4) is 0 Å². The van der Waals surface area contributed by atoms with Crippen molar-refractivity contribution in [1.82, 2.24) is 10.6 Å². The van der Waals surface area contributed by atoms with E-state index in [4.69, 9.17) is 10.5 Å². The molecule has 0 saturated heterocycles. The normalized spacial score (nSPS) is 12.5. The molecule has 0 aromatic rings. The summed E-state index contributed by atoms with van der Waals surface area (Å²) >= 11 is 0. The minimum atomic E-state index is -0.612. The molecule has 0 aromatic carbocycles. The van der Waals surface area contributed by atoms with E-state index in [0.717, 1.165) is 0 Å². The van der Waals surface area contributed by atoms with Gasteiger partial charge in [0.1, 0.15) is 5.60 Å². The van der Waals surface area contributed by atoms with Crippen LogP contribution in [0.25, 0.3) is 0 Å². The van der Waals surface area contributed by atoms with Gasteiger partial charge >= 0.3 is 6.09 Å². The molecule has 110 valence electrons. The number of rotatable bonds is 6. The van der Waals surface area contributed by atoms with Crippen molar-refractivity contribution in [2.24, 2.45) is 5.73 Å². The molecular weight excluding hydrogens is 250 g/mol. The third-order valence-electron chi connectivity index (χ3n) is 2.08. The topological polar surface area (TPSA) is 111 Å². The first-order valence-corrected chi connectivity index (χ1v) is 6.14. The highest BCUT2D eigenvalue weighted by atomic mass is 16.6. The fourth-order valence-corrected chi connectivity index (χ4v) is 1.16. The largest absolute Gasteiger partial charge is 0.444 e. The number of carbonyl (C=O) groups is 3. The van der Waals surface area contributed by atoms with Gasteiger partial charge in [-0.1, -0.05) is 0 Å². The quantitative estimate of drug-likeness (QED) is 0.627. The second-order valence-electron chi connectivity index (χ2n) is 5.14. The second-order valence-corrected chi connectivity index (χ2v) is 5.14. The van der Waals surface area contributed by atoms with Gasteiger partial charge in [0.2, 0.25) is 5.91 Å². The van der Waals surface area contributed by atoms with Gasteiger partial charge in [-0.3, -0.25) is 9.59 Å². The lowest BCUT2D eigenvalue weighted by Gasteiger charge is -2.19. The lowest BCUT2D eigenvalue weighted by Crippen LogP contribution is -2.42. The van der Waals surface area contributed by atoms with Gasteiger partial charge in [-0.2, -0.15) is 0 Å². The molecule has 0 aliphatic carbocycles. The second kappa shape index (κ2) is 7.73. The molecule has 4 N–H and O–H groups in total. The molecule has 7 nitrogen and oxygen atoms in total. The summed E-state index contributed by atoms with van der Waals surface area (Å²) in [6.07, 6.45) is -0.507. The zero-order valence-electron chi connectivity index (χ0n) is 11.9. The fraction of sp³-hybridized carbons (Fsp3) is 0.750. The maximum Gasteiger partial charge on any atom is 0.407 e. The minimum absolute atomic E-state index is 0.0709. The fourth-order valence-electron chi connectivity index (χ4n) is 1.16. The number of nitrogens with one attached hydrogen (secondary N) is 2. The number of alkyl carbamates (subject to hydrolysis) is 1. The van der Waals surface area contributed by atoms with Gasteiger partial charge < -0.3 is 21.1 Å². The highest BCUT2D eigenvalue weighted by molar-refractivity contribution is 5.89. The van der Waals surface area contributed by atoms with E-state index in [1.165, 1.54) is 0 Å². The minimum Gasteiger partial charge on any atom is -0.444 e. The first kappa shape index (κ1) is 17.4. The average Bonchev–Trinajstić information content (AvgIpc) is 2.25. The van der Waals surface area contributed by atoms with Crippen LogP contribution in [-0.4, -0.2) is 42.5 Å². The van der Waals surface area contributed by atoms with E-state index in [9.17, 15) is 14.4 Å². The Balaban J connectivity index is 3.87. The Labute approximate surface area is 113 Å². The van der Waals surface area contributed by atoms with Crippen LogP contribution in [0.2, 0.25) is 0 Å². The van der Waals surface area contributed by atoms with E-state index in [2.05, 4.69) is 10.6 Å². The Bertz CT molecular complexity index is 336. The van der Waals surface area contributed by atoms with E-state index >= 15 is 0 Å². The predicted octanol–water partition coefficient (Wildman–Crippen LogP) is -0.0663. The lowest BCUT2D eigenvalue weighted by molar-refractivity contribution is -0.126. The van der Waals surface area contributed by atoms with Crippen molar-refractivity contribution in [1.29, 1.82) is 0 Å². The number of Topliss-reactive ketones (excluding diaryl/α,β-unsaturated/α-hetero) is 1. The van der Waals surface area contributed by atoms with Gasteiger partial charge in [-0.15, -0.1) is 0 Å². The number of ketones is 1. The van der Waals surface area contributed by atoms with Crippen molar-refractivity contribution in [2.75, 3.05) is 13.1 Å². The molecule has 19 heavy (non-hydrogen) atoms. The summed E-state index contributed by atoms with van der Waals surface area (Å²) in [4.78, 5) is 33.9. The Morgan fingerprint density at radius 3 is 2.32 bits per heavy atom. The van der Waals surface area contributed by atoms with E-state index in [1.807, 2.05) is 0 Å². The number of carbonyl (C=O) groups excluding carboxylic acids is 3. The van der Waals surface area contributed by atoms with Crippen molar-refractivity contribution in [3.05, 3.63) is 0 Å². The molecule has 0 fully saturated rings. The van der Waals surface area contributed by atoms with Crippen molar-refractivity contribution >= 4 is 17.8 Å². The Hall–Kier alpha value is -1.63. The molecule has 0 aliphatic heterocycles. The van der Waals surface area contributed by atoms with Gasteiger partial charge in [-0.25, -0.2) is 4.79 Å². The zero-order valence-corrected chi connectivity index (χ0v) is 11.9. The number of hydrogen-bond acceptors (Lipinski definition) is 5. The summed E-state index contributed by atoms with van der Waals surface area (Å²) in [6.45, 7) is 6.84. The monoisotopic (exact) mass is 273 g/mol. The molecular formula is C12H23N3O4. The van der Waals surface area contributed by atoms with Crippen LogP contribution in [-0.2, 0) is 14.3 Å². The molecule has 2 amide bonds. The van der Waals surface area contributed by atoms with Gasteiger partial charge in [0, 0.05) is 13.0 Å². The van der Waals surface area contributed by atoms with Crippen LogP contribution >= 0.6 is 0 Å². The van der Waals surface area contributed by atoms with Crippen LogP contribution in [0, 0.1) is 0 Å². The Kier molecular flexibility index (Phi) is 7.06. The molecule has 1 atom stereocenters. The van der Waals surface area contributed by atoms with Gasteiger partial charge in [0.15, 0.2) is 5.78 Å². The summed E-state index contributed by atoms with van der Waals surface area (Å²) in [6, 6.07) is -0.612. The number of hydrogen-bond donors (Lipinski definition) is 3. The first-order chi connectivity index (χ1) is 8.65. The van der Waals surface area contributed by atoms with E-state index in [1.54, 1.807) is 27.7 Å². The summed E-state index contributed by atoms with van der Waals surface area (Å²) in [5, 5.41) is 4.95. The van der Waals surface area contributed by atoms with Crippen LogP contribution in [0.5, 0.6) is 0 Å².